The highest BCUT2D eigenvalue weighted by atomic mass is 19.1. The number of hydrogen-bond donors (Lipinski definition) is 2. The van der Waals surface area contributed by atoms with Crippen molar-refractivity contribution in [1.82, 2.24) is 0 Å². The number of aryl methyl sites for hydroxylation is 1. The Morgan fingerprint density at radius 2 is 2.07 bits per heavy atom. The van der Waals surface area contributed by atoms with Crippen molar-refractivity contribution in [1.29, 1.82) is 0 Å². The molecule has 0 saturated heterocycles. The van der Waals surface area contributed by atoms with Crippen LogP contribution in [-0.4, -0.2) is 12.1 Å². The topological polar surface area (TPSA) is 38.0 Å². The molecule has 78 valence electrons. The lowest BCUT2D eigenvalue weighted by molar-refractivity contribution is 0.577. The van der Waals surface area contributed by atoms with Gasteiger partial charge in [0.15, 0.2) is 0 Å². The summed E-state index contributed by atoms with van der Waals surface area (Å²) in [6, 6.07) is 4.70. The number of halogens is 1. The Bertz CT molecular complexity index is 321. The van der Waals surface area contributed by atoms with Crippen LogP contribution < -0.4 is 11.1 Å². The van der Waals surface area contributed by atoms with Crippen molar-refractivity contribution in [2.75, 3.05) is 11.9 Å². The number of nitrogens with one attached hydrogen (secondary N) is 1. The van der Waals surface area contributed by atoms with Gasteiger partial charge in [-0.05, 0) is 38.5 Å². The van der Waals surface area contributed by atoms with Gasteiger partial charge in [-0.15, -0.1) is 0 Å². The van der Waals surface area contributed by atoms with E-state index in [0.717, 1.165) is 11.3 Å². The summed E-state index contributed by atoms with van der Waals surface area (Å²) >= 11 is 0. The normalized spacial score (nSPS) is 11.5. The number of benzene rings is 1. The number of hydrogen-bond acceptors (Lipinski definition) is 2. The van der Waals surface area contributed by atoms with Crippen LogP contribution in [0.25, 0.3) is 0 Å². The fourth-order valence-corrected chi connectivity index (χ4v) is 1.14. The molecule has 0 heterocycles. The predicted molar refractivity (Wildman–Crippen MR) is 57.9 cm³/mol. The van der Waals surface area contributed by atoms with Crippen molar-refractivity contribution in [2.24, 2.45) is 5.73 Å². The van der Waals surface area contributed by atoms with Crippen molar-refractivity contribution in [2.45, 2.75) is 26.3 Å². The van der Waals surface area contributed by atoms with Crippen LogP contribution in [0.15, 0.2) is 18.2 Å². The Hall–Kier alpha value is -1.09. The summed E-state index contributed by atoms with van der Waals surface area (Å²) in [4.78, 5) is 0. The van der Waals surface area contributed by atoms with Crippen LogP contribution >= 0.6 is 0 Å². The smallest absolute Gasteiger partial charge is 0.125 e. The van der Waals surface area contributed by atoms with Gasteiger partial charge in [-0.1, -0.05) is 6.07 Å². The first kappa shape index (κ1) is 11.0. The van der Waals surface area contributed by atoms with Gasteiger partial charge in [0.1, 0.15) is 5.82 Å². The first-order chi connectivity index (χ1) is 6.44. The Balaban J connectivity index is 2.91. The minimum Gasteiger partial charge on any atom is -0.379 e. The monoisotopic (exact) mass is 196 g/mol. The molecular formula is C11H17FN2. The SMILES string of the molecule is Cc1ccc(F)cc1NC(C)(C)CN. The van der Waals surface area contributed by atoms with E-state index in [2.05, 4.69) is 5.32 Å². The van der Waals surface area contributed by atoms with E-state index in [1.807, 2.05) is 20.8 Å². The lowest BCUT2D eigenvalue weighted by atomic mass is 10.0. The summed E-state index contributed by atoms with van der Waals surface area (Å²) in [6.45, 7) is 6.41. The molecule has 0 aliphatic rings. The quantitative estimate of drug-likeness (QED) is 0.778. The largest absolute Gasteiger partial charge is 0.379 e. The molecule has 0 aliphatic carbocycles. The summed E-state index contributed by atoms with van der Waals surface area (Å²) in [5.41, 5.74) is 7.20. The third-order valence-corrected chi connectivity index (χ3v) is 2.18. The van der Waals surface area contributed by atoms with Gasteiger partial charge in [0.2, 0.25) is 0 Å². The summed E-state index contributed by atoms with van der Waals surface area (Å²) in [5.74, 6) is -0.231. The van der Waals surface area contributed by atoms with Gasteiger partial charge >= 0.3 is 0 Å². The number of nitrogens with two attached hydrogens (primary N) is 1. The second-order valence-corrected chi connectivity index (χ2v) is 4.17. The van der Waals surface area contributed by atoms with Crippen LogP contribution in [0.1, 0.15) is 19.4 Å². The lowest BCUT2D eigenvalue weighted by Crippen LogP contribution is -2.39. The van der Waals surface area contributed by atoms with E-state index >= 15 is 0 Å². The number of rotatable bonds is 3. The molecule has 0 aliphatic heterocycles. The zero-order chi connectivity index (χ0) is 10.8. The van der Waals surface area contributed by atoms with Crippen molar-refractivity contribution in [3.63, 3.8) is 0 Å². The average Bonchev–Trinajstić information content (AvgIpc) is 2.11. The van der Waals surface area contributed by atoms with Crippen LogP contribution in [0.2, 0.25) is 0 Å². The summed E-state index contributed by atoms with van der Waals surface area (Å²) < 4.78 is 13.0. The molecule has 14 heavy (non-hydrogen) atoms. The molecule has 1 rings (SSSR count). The fourth-order valence-electron chi connectivity index (χ4n) is 1.14. The van der Waals surface area contributed by atoms with Crippen LogP contribution in [0.4, 0.5) is 10.1 Å². The first-order valence-electron chi connectivity index (χ1n) is 4.69. The lowest BCUT2D eigenvalue weighted by Gasteiger charge is -2.26. The molecule has 3 heteroatoms. The third kappa shape index (κ3) is 2.70. The maximum absolute atomic E-state index is 13.0. The molecule has 0 saturated carbocycles. The molecule has 0 atom stereocenters. The van der Waals surface area contributed by atoms with Gasteiger partial charge in [-0.2, -0.15) is 0 Å². The van der Waals surface area contributed by atoms with Crippen molar-refractivity contribution in [3.05, 3.63) is 29.6 Å². The minimum atomic E-state index is -0.231. The van der Waals surface area contributed by atoms with Gasteiger partial charge < -0.3 is 11.1 Å². The molecule has 0 spiro atoms. The van der Waals surface area contributed by atoms with Crippen molar-refractivity contribution >= 4 is 5.69 Å². The third-order valence-electron chi connectivity index (χ3n) is 2.18. The fraction of sp³-hybridized carbons (Fsp3) is 0.455. The Labute approximate surface area is 84.3 Å². The highest BCUT2D eigenvalue weighted by Gasteiger charge is 2.15. The molecule has 0 bridgehead atoms. The highest BCUT2D eigenvalue weighted by Crippen LogP contribution is 2.19. The van der Waals surface area contributed by atoms with E-state index in [1.165, 1.54) is 12.1 Å². The Morgan fingerprint density at radius 1 is 1.43 bits per heavy atom. The van der Waals surface area contributed by atoms with Gasteiger partial charge in [0.25, 0.3) is 0 Å². The zero-order valence-electron chi connectivity index (χ0n) is 8.89. The first-order valence-corrected chi connectivity index (χ1v) is 4.69. The van der Waals surface area contributed by atoms with Gasteiger partial charge in [-0.25, -0.2) is 4.39 Å². The highest BCUT2D eigenvalue weighted by molar-refractivity contribution is 5.52. The molecule has 1 aromatic rings. The summed E-state index contributed by atoms with van der Waals surface area (Å²) in [7, 11) is 0. The van der Waals surface area contributed by atoms with Crippen molar-refractivity contribution in [3.8, 4) is 0 Å². The minimum absolute atomic E-state index is 0.210. The Kier molecular flexibility index (Phi) is 3.11. The van der Waals surface area contributed by atoms with E-state index in [4.69, 9.17) is 5.73 Å². The molecule has 2 nitrogen and oxygen atoms in total. The molecule has 0 unspecified atom stereocenters. The van der Waals surface area contributed by atoms with Crippen LogP contribution in [-0.2, 0) is 0 Å². The maximum Gasteiger partial charge on any atom is 0.125 e. The Morgan fingerprint density at radius 3 is 2.64 bits per heavy atom. The zero-order valence-corrected chi connectivity index (χ0v) is 8.89. The van der Waals surface area contributed by atoms with E-state index in [0.29, 0.717) is 6.54 Å². The van der Waals surface area contributed by atoms with Gasteiger partial charge in [0, 0.05) is 17.8 Å². The second-order valence-electron chi connectivity index (χ2n) is 4.17. The number of anilines is 1. The second kappa shape index (κ2) is 3.96. The van der Waals surface area contributed by atoms with E-state index in [1.54, 1.807) is 6.07 Å². The summed E-state index contributed by atoms with van der Waals surface area (Å²) in [6.07, 6.45) is 0. The molecule has 0 radical (unpaired) electrons. The molecule has 1 aromatic carbocycles. The van der Waals surface area contributed by atoms with Crippen LogP contribution in [0.5, 0.6) is 0 Å². The van der Waals surface area contributed by atoms with Crippen molar-refractivity contribution < 1.29 is 4.39 Å². The van der Waals surface area contributed by atoms with Gasteiger partial charge in [0.05, 0.1) is 0 Å². The van der Waals surface area contributed by atoms with E-state index in [-0.39, 0.29) is 11.4 Å². The predicted octanol–water partition coefficient (Wildman–Crippen LogP) is 2.28. The molecule has 0 aromatic heterocycles. The standard InChI is InChI=1S/C11H17FN2/c1-8-4-5-9(12)6-10(8)14-11(2,3)7-13/h4-6,14H,7,13H2,1-3H3. The maximum atomic E-state index is 13.0. The van der Waals surface area contributed by atoms with E-state index < -0.39 is 0 Å². The van der Waals surface area contributed by atoms with Crippen LogP contribution in [0.3, 0.4) is 0 Å². The summed E-state index contributed by atoms with van der Waals surface area (Å²) in [5, 5.41) is 3.21. The molecule has 0 amide bonds. The molecular weight excluding hydrogens is 179 g/mol. The molecule has 0 fully saturated rings. The van der Waals surface area contributed by atoms with Crippen LogP contribution in [0, 0.1) is 12.7 Å². The van der Waals surface area contributed by atoms with Gasteiger partial charge in [-0.3, -0.25) is 0 Å². The molecule has 3 N–H and O–H groups in total. The average molecular weight is 196 g/mol. The van der Waals surface area contributed by atoms with E-state index in [9.17, 15) is 4.39 Å².